The van der Waals surface area contributed by atoms with Gasteiger partial charge in [-0.15, -0.1) is 6.58 Å². The molecule has 11 heavy (non-hydrogen) atoms. The Kier molecular flexibility index (Phi) is 6.42. The van der Waals surface area contributed by atoms with Crippen LogP contribution < -0.4 is 10.9 Å². The van der Waals surface area contributed by atoms with Crippen LogP contribution in [0.4, 0.5) is 4.79 Å². The molecule has 0 aliphatic carbocycles. The highest BCUT2D eigenvalue weighted by molar-refractivity contribution is 5.63. The van der Waals surface area contributed by atoms with Crippen molar-refractivity contribution in [3.8, 4) is 0 Å². The Bertz CT molecular complexity index is 126. The summed E-state index contributed by atoms with van der Waals surface area (Å²) in [7, 11) is 0. The van der Waals surface area contributed by atoms with Crippen molar-refractivity contribution in [3.63, 3.8) is 0 Å². The number of hydrogen-bond acceptors (Lipinski definition) is 2. The number of unbranched alkanes of at least 4 members (excludes halogenated alkanes) is 2. The first-order valence-corrected chi connectivity index (χ1v) is 3.60. The standard InChI is InChI=1S/C7H14N2O2/c1-2-3-4-5-6-8-9-7(10)11/h2,8-9H,1,3-6H2,(H,10,11). The van der Waals surface area contributed by atoms with E-state index in [1.54, 1.807) is 0 Å². The Labute approximate surface area is 66.3 Å². The van der Waals surface area contributed by atoms with Gasteiger partial charge in [-0.25, -0.2) is 10.2 Å². The average molecular weight is 158 g/mol. The van der Waals surface area contributed by atoms with E-state index in [1.807, 2.05) is 6.08 Å². The molecule has 0 radical (unpaired) electrons. The van der Waals surface area contributed by atoms with E-state index in [4.69, 9.17) is 5.11 Å². The summed E-state index contributed by atoms with van der Waals surface area (Å²) in [5, 5.41) is 8.13. The molecule has 0 unspecified atom stereocenters. The molecule has 0 saturated carbocycles. The molecule has 64 valence electrons. The third-order valence-electron chi connectivity index (χ3n) is 1.16. The molecule has 0 aliphatic heterocycles. The number of amides is 1. The number of carbonyl (C=O) groups is 1. The lowest BCUT2D eigenvalue weighted by Gasteiger charge is -2.01. The summed E-state index contributed by atoms with van der Waals surface area (Å²) in [6, 6.07) is 0. The highest BCUT2D eigenvalue weighted by Crippen LogP contribution is 1.92. The number of hydrazine groups is 1. The molecular weight excluding hydrogens is 144 g/mol. The van der Waals surface area contributed by atoms with E-state index in [9.17, 15) is 4.79 Å². The molecule has 0 spiro atoms. The number of hydrogen-bond donors (Lipinski definition) is 3. The minimum Gasteiger partial charge on any atom is -0.464 e. The van der Waals surface area contributed by atoms with Gasteiger partial charge in [0.25, 0.3) is 0 Å². The zero-order valence-corrected chi connectivity index (χ0v) is 6.47. The fourth-order valence-corrected chi connectivity index (χ4v) is 0.640. The topological polar surface area (TPSA) is 61.4 Å². The minimum atomic E-state index is -1.05. The van der Waals surface area contributed by atoms with E-state index >= 15 is 0 Å². The number of rotatable bonds is 6. The molecule has 1 amide bonds. The monoisotopic (exact) mass is 158 g/mol. The summed E-state index contributed by atoms with van der Waals surface area (Å²) in [6.07, 6.45) is 3.78. The van der Waals surface area contributed by atoms with Crippen LogP contribution in [0.25, 0.3) is 0 Å². The Morgan fingerprint density at radius 2 is 2.27 bits per heavy atom. The number of allylic oxidation sites excluding steroid dienone is 1. The summed E-state index contributed by atoms with van der Waals surface area (Å²) in [6.45, 7) is 4.24. The summed E-state index contributed by atoms with van der Waals surface area (Å²) in [5.74, 6) is 0. The largest absolute Gasteiger partial charge is 0.464 e. The summed E-state index contributed by atoms with van der Waals surface area (Å²) >= 11 is 0. The van der Waals surface area contributed by atoms with Crippen molar-refractivity contribution in [3.05, 3.63) is 12.7 Å². The van der Waals surface area contributed by atoms with Gasteiger partial charge in [0.2, 0.25) is 0 Å². The van der Waals surface area contributed by atoms with E-state index in [-0.39, 0.29) is 0 Å². The van der Waals surface area contributed by atoms with Gasteiger partial charge < -0.3 is 5.11 Å². The van der Waals surface area contributed by atoms with Gasteiger partial charge in [-0.3, -0.25) is 5.43 Å². The van der Waals surface area contributed by atoms with E-state index in [0.29, 0.717) is 6.54 Å². The Balaban J connectivity index is 2.90. The molecular formula is C7H14N2O2. The predicted molar refractivity (Wildman–Crippen MR) is 43.2 cm³/mol. The van der Waals surface area contributed by atoms with Crippen molar-refractivity contribution >= 4 is 6.09 Å². The molecule has 3 N–H and O–H groups in total. The summed E-state index contributed by atoms with van der Waals surface area (Å²) in [5.41, 5.74) is 4.62. The van der Waals surface area contributed by atoms with Crippen molar-refractivity contribution in [2.75, 3.05) is 6.54 Å². The third kappa shape index (κ3) is 8.97. The zero-order chi connectivity index (χ0) is 8.53. The normalized spacial score (nSPS) is 9.09. The second kappa shape index (κ2) is 7.08. The van der Waals surface area contributed by atoms with Gasteiger partial charge in [0.05, 0.1) is 0 Å². The van der Waals surface area contributed by atoms with Crippen molar-refractivity contribution in [2.24, 2.45) is 0 Å². The van der Waals surface area contributed by atoms with Gasteiger partial charge in [-0.2, -0.15) is 0 Å². The molecule has 0 saturated heterocycles. The number of carboxylic acid groups (broad SMARTS) is 1. The van der Waals surface area contributed by atoms with Crippen LogP contribution in [0.3, 0.4) is 0 Å². The first-order chi connectivity index (χ1) is 5.27. The average Bonchev–Trinajstić information content (AvgIpc) is 1.96. The van der Waals surface area contributed by atoms with Crippen molar-refractivity contribution in [1.29, 1.82) is 0 Å². The second-order valence-electron chi connectivity index (χ2n) is 2.14. The smallest absolute Gasteiger partial charge is 0.419 e. The summed E-state index contributed by atoms with van der Waals surface area (Å²) in [4.78, 5) is 9.90. The van der Waals surface area contributed by atoms with Gasteiger partial charge >= 0.3 is 6.09 Å². The van der Waals surface area contributed by atoms with Crippen LogP contribution >= 0.6 is 0 Å². The van der Waals surface area contributed by atoms with Crippen LogP contribution in [0.15, 0.2) is 12.7 Å². The maximum Gasteiger partial charge on any atom is 0.419 e. The zero-order valence-electron chi connectivity index (χ0n) is 6.47. The fraction of sp³-hybridized carbons (Fsp3) is 0.571. The maximum absolute atomic E-state index is 9.90. The van der Waals surface area contributed by atoms with E-state index < -0.39 is 6.09 Å². The Hall–Kier alpha value is -1.03. The minimum absolute atomic E-state index is 0.667. The van der Waals surface area contributed by atoms with Crippen molar-refractivity contribution in [2.45, 2.75) is 19.3 Å². The van der Waals surface area contributed by atoms with Gasteiger partial charge in [0, 0.05) is 6.54 Å². The lowest BCUT2D eigenvalue weighted by Crippen LogP contribution is -2.36. The third-order valence-corrected chi connectivity index (χ3v) is 1.16. The molecule has 0 aromatic heterocycles. The molecule has 0 atom stereocenters. The van der Waals surface area contributed by atoms with Gasteiger partial charge in [-0.1, -0.05) is 6.08 Å². The second-order valence-corrected chi connectivity index (χ2v) is 2.14. The predicted octanol–water partition coefficient (Wildman–Crippen LogP) is 1.11. The first kappa shape index (κ1) is 9.97. The molecule has 0 aromatic carbocycles. The molecule has 0 heterocycles. The van der Waals surface area contributed by atoms with Gasteiger partial charge in [-0.05, 0) is 19.3 Å². The molecule has 0 fully saturated rings. The number of nitrogens with one attached hydrogen (secondary N) is 2. The molecule has 4 nitrogen and oxygen atoms in total. The van der Waals surface area contributed by atoms with Crippen molar-refractivity contribution in [1.82, 2.24) is 10.9 Å². The Morgan fingerprint density at radius 1 is 1.55 bits per heavy atom. The van der Waals surface area contributed by atoms with Crippen LogP contribution in [-0.2, 0) is 0 Å². The first-order valence-electron chi connectivity index (χ1n) is 3.60. The van der Waals surface area contributed by atoms with Crippen molar-refractivity contribution < 1.29 is 9.90 Å². The molecule has 0 rings (SSSR count). The molecule has 0 aliphatic rings. The molecule has 0 aromatic rings. The fourth-order valence-electron chi connectivity index (χ4n) is 0.640. The highest BCUT2D eigenvalue weighted by atomic mass is 16.4. The van der Waals surface area contributed by atoms with E-state index in [1.165, 1.54) is 0 Å². The molecule has 0 bridgehead atoms. The SMILES string of the molecule is C=CCCCCNNC(=O)O. The summed E-state index contributed by atoms with van der Waals surface area (Å²) < 4.78 is 0. The highest BCUT2D eigenvalue weighted by Gasteiger charge is 1.90. The quantitative estimate of drug-likeness (QED) is 0.308. The van der Waals surface area contributed by atoms with Crippen LogP contribution in [0.2, 0.25) is 0 Å². The maximum atomic E-state index is 9.90. The Morgan fingerprint density at radius 3 is 2.82 bits per heavy atom. The van der Waals surface area contributed by atoms with Crippen LogP contribution in [0.1, 0.15) is 19.3 Å². The molecule has 4 heteroatoms. The van der Waals surface area contributed by atoms with Gasteiger partial charge in [0.1, 0.15) is 0 Å². The van der Waals surface area contributed by atoms with Crippen LogP contribution in [-0.4, -0.2) is 17.7 Å². The lowest BCUT2D eigenvalue weighted by molar-refractivity contribution is 0.189. The van der Waals surface area contributed by atoms with E-state index in [2.05, 4.69) is 17.4 Å². The van der Waals surface area contributed by atoms with Gasteiger partial charge in [0.15, 0.2) is 0 Å². The van der Waals surface area contributed by atoms with Crippen LogP contribution in [0.5, 0.6) is 0 Å². The lowest BCUT2D eigenvalue weighted by atomic mass is 10.2. The van der Waals surface area contributed by atoms with Crippen LogP contribution in [0, 0.1) is 0 Å². The van der Waals surface area contributed by atoms with E-state index in [0.717, 1.165) is 19.3 Å².